The van der Waals surface area contributed by atoms with Crippen molar-refractivity contribution in [3.63, 3.8) is 0 Å². The minimum Gasteiger partial charge on any atom is -0.447 e. The quantitative estimate of drug-likeness (QED) is 0.823. The SMILES string of the molecule is CC[C@H]1CN(Cc2ccccc2)C[C@@H]1C(=O)N1C(=O)OC[C@H]1C(C)C. The molecule has 5 nitrogen and oxygen atoms in total. The van der Waals surface area contributed by atoms with E-state index in [-0.39, 0.29) is 29.7 Å². The Kier molecular flexibility index (Phi) is 5.42. The van der Waals surface area contributed by atoms with Crippen LogP contribution in [0.25, 0.3) is 0 Å². The van der Waals surface area contributed by atoms with E-state index >= 15 is 0 Å². The molecule has 1 aromatic rings. The first-order chi connectivity index (χ1) is 12.0. The van der Waals surface area contributed by atoms with Crippen molar-refractivity contribution in [1.29, 1.82) is 0 Å². The fourth-order valence-electron chi connectivity index (χ4n) is 3.98. The van der Waals surface area contributed by atoms with E-state index in [2.05, 4.69) is 24.0 Å². The summed E-state index contributed by atoms with van der Waals surface area (Å²) in [5.74, 6) is 0.318. The third kappa shape index (κ3) is 3.71. The molecule has 0 aliphatic carbocycles. The number of carbonyl (C=O) groups excluding carboxylic acids is 2. The molecule has 0 bridgehead atoms. The molecule has 2 fully saturated rings. The van der Waals surface area contributed by atoms with Gasteiger partial charge in [0.2, 0.25) is 5.91 Å². The highest BCUT2D eigenvalue weighted by Gasteiger charge is 2.46. The van der Waals surface area contributed by atoms with E-state index < -0.39 is 6.09 Å². The molecule has 5 heteroatoms. The smallest absolute Gasteiger partial charge is 0.416 e. The molecule has 0 aromatic heterocycles. The molecule has 25 heavy (non-hydrogen) atoms. The van der Waals surface area contributed by atoms with Crippen LogP contribution in [0.3, 0.4) is 0 Å². The zero-order valence-electron chi connectivity index (χ0n) is 15.4. The first-order valence-electron chi connectivity index (χ1n) is 9.27. The Morgan fingerprint density at radius 2 is 1.96 bits per heavy atom. The molecule has 0 radical (unpaired) electrons. The molecule has 0 saturated carbocycles. The van der Waals surface area contributed by atoms with Crippen molar-refractivity contribution >= 4 is 12.0 Å². The Hall–Kier alpha value is -1.88. The fraction of sp³-hybridized carbons (Fsp3) is 0.600. The van der Waals surface area contributed by atoms with Crippen molar-refractivity contribution < 1.29 is 14.3 Å². The lowest BCUT2D eigenvalue weighted by atomic mass is 9.91. The number of hydrogen-bond acceptors (Lipinski definition) is 4. The van der Waals surface area contributed by atoms with Crippen LogP contribution in [0.15, 0.2) is 30.3 Å². The van der Waals surface area contributed by atoms with Gasteiger partial charge in [-0.3, -0.25) is 9.69 Å². The van der Waals surface area contributed by atoms with Crippen LogP contribution < -0.4 is 0 Å². The van der Waals surface area contributed by atoms with E-state index in [0.29, 0.717) is 13.2 Å². The van der Waals surface area contributed by atoms with Crippen molar-refractivity contribution in [2.75, 3.05) is 19.7 Å². The second kappa shape index (κ2) is 7.56. The lowest BCUT2D eigenvalue weighted by Crippen LogP contribution is -2.46. The van der Waals surface area contributed by atoms with E-state index in [9.17, 15) is 9.59 Å². The summed E-state index contributed by atoms with van der Waals surface area (Å²) in [7, 11) is 0. The summed E-state index contributed by atoms with van der Waals surface area (Å²) in [6.07, 6.45) is 0.469. The lowest BCUT2D eigenvalue weighted by molar-refractivity contribution is -0.134. The number of benzene rings is 1. The molecule has 2 aliphatic heterocycles. The first kappa shape index (κ1) is 17.9. The number of imide groups is 1. The fourth-order valence-corrected chi connectivity index (χ4v) is 3.98. The van der Waals surface area contributed by atoms with Crippen LogP contribution in [0.2, 0.25) is 0 Å². The normalized spacial score (nSPS) is 27.1. The standard InChI is InChI=1S/C20H28N2O3/c1-4-16-11-21(10-15-8-6-5-7-9-15)12-17(16)19(23)22-18(14(2)3)13-25-20(22)24/h5-9,14,16-18H,4,10-13H2,1-3H3/t16-,17-,18-/m0/s1. The topological polar surface area (TPSA) is 49.9 Å². The Bertz CT molecular complexity index is 617. The second-order valence-electron chi connectivity index (χ2n) is 7.55. The van der Waals surface area contributed by atoms with Gasteiger partial charge in [0.25, 0.3) is 0 Å². The average molecular weight is 344 g/mol. The van der Waals surface area contributed by atoms with Gasteiger partial charge in [-0.1, -0.05) is 57.5 Å². The van der Waals surface area contributed by atoms with Crippen molar-refractivity contribution in [2.45, 2.75) is 39.8 Å². The van der Waals surface area contributed by atoms with Crippen LogP contribution in [0.5, 0.6) is 0 Å². The van der Waals surface area contributed by atoms with E-state index in [4.69, 9.17) is 4.74 Å². The summed E-state index contributed by atoms with van der Waals surface area (Å²) in [4.78, 5) is 29.0. The molecular weight excluding hydrogens is 316 g/mol. The minimum absolute atomic E-state index is 0.0522. The average Bonchev–Trinajstić information content (AvgIpc) is 3.18. The van der Waals surface area contributed by atoms with Gasteiger partial charge < -0.3 is 4.74 Å². The van der Waals surface area contributed by atoms with Crippen LogP contribution in [0.4, 0.5) is 4.79 Å². The second-order valence-corrected chi connectivity index (χ2v) is 7.55. The zero-order chi connectivity index (χ0) is 18.0. The molecule has 2 amide bonds. The molecule has 1 aromatic carbocycles. The highest BCUT2D eigenvalue weighted by molar-refractivity contribution is 5.95. The first-order valence-corrected chi connectivity index (χ1v) is 9.27. The molecular formula is C20H28N2O3. The Balaban J connectivity index is 1.72. The minimum atomic E-state index is -0.472. The summed E-state index contributed by atoms with van der Waals surface area (Å²) in [6.45, 7) is 8.96. The highest BCUT2D eigenvalue weighted by Crippen LogP contribution is 2.32. The van der Waals surface area contributed by atoms with Crippen LogP contribution in [0, 0.1) is 17.8 Å². The zero-order valence-corrected chi connectivity index (χ0v) is 15.4. The van der Waals surface area contributed by atoms with Gasteiger partial charge >= 0.3 is 6.09 Å². The Morgan fingerprint density at radius 1 is 1.24 bits per heavy atom. The van der Waals surface area contributed by atoms with Gasteiger partial charge in [0.05, 0.1) is 12.0 Å². The van der Waals surface area contributed by atoms with Crippen molar-refractivity contribution in [1.82, 2.24) is 9.80 Å². The van der Waals surface area contributed by atoms with Crippen LogP contribution in [-0.4, -0.2) is 47.5 Å². The number of rotatable bonds is 5. The highest BCUT2D eigenvalue weighted by atomic mass is 16.6. The van der Waals surface area contributed by atoms with E-state index in [1.165, 1.54) is 10.5 Å². The third-order valence-electron chi connectivity index (χ3n) is 5.52. The largest absolute Gasteiger partial charge is 0.447 e. The van der Waals surface area contributed by atoms with Gasteiger partial charge in [-0.25, -0.2) is 9.69 Å². The number of hydrogen-bond donors (Lipinski definition) is 0. The number of nitrogens with zero attached hydrogens (tertiary/aromatic N) is 2. The number of cyclic esters (lactones) is 1. The summed E-state index contributed by atoms with van der Waals surface area (Å²) >= 11 is 0. The number of likely N-dealkylation sites (tertiary alicyclic amines) is 1. The molecule has 3 atom stereocenters. The van der Waals surface area contributed by atoms with Crippen LogP contribution >= 0.6 is 0 Å². The molecule has 0 unspecified atom stereocenters. The van der Waals surface area contributed by atoms with Gasteiger partial charge in [0.1, 0.15) is 6.61 Å². The molecule has 2 saturated heterocycles. The van der Waals surface area contributed by atoms with E-state index in [1.54, 1.807) is 0 Å². The van der Waals surface area contributed by atoms with Gasteiger partial charge in [0.15, 0.2) is 0 Å². The summed E-state index contributed by atoms with van der Waals surface area (Å²) in [5.41, 5.74) is 1.26. The van der Waals surface area contributed by atoms with Crippen molar-refractivity contribution in [3.05, 3.63) is 35.9 Å². The predicted octanol–water partition coefficient (Wildman–Crippen LogP) is 3.15. The van der Waals surface area contributed by atoms with Crippen LogP contribution in [0.1, 0.15) is 32.8 Å². The Morgan fingerprint density at radius 3 is 2.60 bits per heavy atom. The lowest BCUT2D eigenvalue weighted by Gasteiger charge is -2.27. The van der Waals surface area contributed by atoms with E-state index in [1.807, 2.05) is 32.0 Å². The molecule has 2 aliphatic rings. The van der Waals surface area contributed by atoms with E-state index in [0.717, 1.165) is 19.5 Å². The van der Waals surface area contributed by atoms with Crippen molar-refractivity contribution in [3.8, 4) is 0 Å². The van der Waals surface area contributed by atoms with Crippen molar-refractivity contribution in [2.24, 2.45) is 17.8 Å². The molecule has 3 rings (SSSR count). The maximum Gasteiger partial charge on any atom is 0.416 e. The predicted molar refractivity (Wildman–Crippen MR) is 95.8 cm³/mol. The Labute approximate surface area is 149 Å². The molecule has 2 heterocycles. The maximum absolute atomic E-state index is 13.1. The summed E-state index contributed by atoms with van der Waals surface area (Å²) in [6, 6.07) is 10.2. The molecule has 136 valence electrons. The molecule has 0 spiro atoms. The summed E-state index contributed by atoms with van der Waals surface area (Å²) in [5, 5.41) is 0. The number of amides is 2. The maximum atomic E-state index is 13.1. The van der Waals surface area contributed by atoms with Gasteiger partial charge in [-0.05, 0) is 17.4 Å². The number of carbonyl (C=O) groups is 2. The van der Waals surface area contributed by atoms with Gasteiger partial charge in [-0.15, -0.1) is 0 Å². The summed E-state index contributed by atoms with van der Waals surface area (Å²) < 4.78 is 5.16. The third-order valence-corrected chi connectivity index (χ3v) is 5.52. The van der Waals surface area contributed by atoms with Gasteiger partial charge in [0, 0.05) is 19.6 Å². The monoisotopic (exact) mass is 344 g/mol. The van der Waals surface area contributed by atoms with Crippen LogP contribution in [-0.2, 0) is 16.1 Å². The number of ether oxygens (including phenoxy) is 1. The van der Waals surface area contributed by atoms with Gasteiger partial charge in [-0.2, -0.15) is 0 Å². The molecule has 0 N–H and O–H groups in total.